The maximum Gasteiger partial charge on any atom is 0.514 e. The van der Waals surface area contributed by atoms with E-state index in [2.05, 4.69) is 51.8 Å². The molecular formula is C15H16I2O3. The highest BCUT2D eigenvalue weighted by atomic mass is 127. The smallest absolute Gasteiger partial charge is 0.431 e. The van der Waals surface area contributed by atoms with Crippen LogP contribution in [0.4, 0.5) is 4.79 Å². The van der Waals surface area contributed by atoms with E-state index in [4.69, 9.17) is 9.47 Å². The summed E-state index contributed by atoms with van der Waals surface area (Å²) in [5, 5.41) is 0. The van der Waals surface area contributed by atoms with Crippen LogP contribution in [0, 0.1) is 7.14 Å². The summed E-state index contributed by atoms with van der Waals surface area (Å²) in [6.07, 6.45) is 6.56. The molecule has 0 unspecified atom stereocenters. The van der Waals surface area contributed by atoms with E-state index in [1.54, 1.807) is 6.08 Å². The molecule has 1 aromatic rings. The van der Waals surface area contributed by atoms with Crippen molar-refractivity contribution in [1.29, 1.82) is 0 Å². The molecule has 108 valence electrons. The number of hydrogen-bond donors (Lipinski definition) is 0. The Morgan fingerprint density at radius 2 is 1.80 bits per heavy atom. The summed E-state index contributed by atoms with van der Waals surface area (Å²) in [4.78, 5) is 11.9. The molecule has 0 spiro atoms. The molecule has 3 nitrogen and oxygen atoms in total. The topological polar surface area (TPSA) is 35.5 Å². The first-order valence-corrected chi connectivity index (χ1v) is 8.76. The molecule has 0 amide bonds. The lowest BCUT2D eigenvalue weighted by Crippen LogP contribution is -2.23. The molecule has 20 heavy (non-hydrogen) atoms. The second-order valence-corrected chi connectivity index (χ2v) is 7.07. The zero-order valence-corrected chi connectivity index (χ0v) is 15.3. The lowest BCUT2D eigenvalue weighted by molar-refractivity contribution is 0.0413. The van der Waals surface area contributed by atoms with E-state index in [-0.39, 0.29) is 6.10 Å². The highest BCUT2D eigenvalue weighted by molar-refractivity contribution is 14.1. The third-order valence-corrected chi connectivity index (χ3v) is 4.86. The minimum atomic E-state index is -0.598. The van der Waals surface area contributed by atoms with Gasteiger partial charge in [0.05, 0.1) is 7.14 Å². The molecule has 1 aliphatic rings. The van der Waals surface area contributed by atoms with Crippen LogP contribution in [0.2, 0.25) is 0 Å². The molecule has 1 fully saturated rings. The third kappa shape index (κ3) is 4.34. The van der Waals surface area contributed by atoms with Crippen molar-refractivity contribution in [3.8, 4) is 5.75 Å². The zero-order chi connectivity index (χ0) is 14.5. The second-order valence-electron chi connectivity index (χ2n) is 4.75. The fourth-order valence-corrected chi connectivity index (χ4v) is 4.26. The Bertz CT molecular complexity index is 485. The van der Waals surface area contributed by atoms with E-state index < -0.39 is 6.16 Å². The van der Waals surface area contributed by atoms with E-state index in [1.165, 1.54) is 6.42 Å². The van der Waals surface area contributed by atoms with Gasteiger partial charge in [-0.2, -0.15) is 0 Å². The Morgan fingerprint density at radius 1 is 1.20 bits per heavy atom. The van der Waals surface area contributed by atoms with Gasteiger partial charge in [-0.05, 0) is 88.6 Å². The van der Waals surface area contributed by atoms with Crippen molar-refractivity contribution in [2.24, 2.45) is 0 Å². The standard InChI is InChI=1S/C15H16I2O3/c1-2-10-8-12(16)14(13(17)9-10)20-15(18)19-11-6-4-3-5-7-11/h2,8-9,11H,1,3-7H2. The molecular weight excluding hydrogens is 482 g/mol. The van der Waals surface area contributed by atoms with Crippen molar-refractivity contribution in [1.82, 2.24) is 0 Å². The van der Waals surface area contributed by atoms with Gasteiger partial charge in [-0.3, -0.25) is 0 Å². The normalized spacial score (nSPS) is 15.7. The monoisotopic (exact) mass is 498 g/mol. The summed E-state index contributed by atoms with van der Waals surface area (Å²) in [6, 6.07) is 3.86. The number of ether oxygens (including phenoxy) is 2. The van der Waals surface area contributed by atoms with Crippen LogP contribution in [0.5, 0.6) is 5.75 Å². The van der Waals surface area contributed by atoms with Crippen LogP contribution in [0.1, 0.15) is 37.7 Å². The molecule has 2 rings (SSSR count). The molecule has 0 aromatic heterocycles. The summed E-state index contributed by atoms with van der Waals surface area (Å²) >= 11 is 4.31. The number of rotatable bonds is 3. The highest BCUT2D eigenvalue weighted by Crippen LogP contribution is 2.30. The molecule has 0 bridgehead atoms. The van der Waals surface area contributed by atoms with Crippen molar-refractivity contribution in [2.45, 2.75) is 38.2 Å². The van der Waals surface area contributed by atoms with Crippen molar-refractivity contribution < 1.29 is 14.3 Å². The van der Waals surface area contributed by atoms with Crippen LogP contribution in [-0.4, -0.2) is 12.3 Å². The lowest BCUT2D eigenvalue weighted by Gasteiger charge is -2.21. The lowest BCUT2D eigenvalue weighted by atomic mass is 9.98. The van der Waals surface area contributed by atoms with Crippen LogP contribution in [0.15, 0.2) is 18.7 Å². The van der Waals surface area contributed by atoms with Gasteiger partial charge in [0, 0.05) is 0 Å². The van der Waals surface area contributed by atoms with Gasteiger partial charge in [0.25, 0.3) is 0 Å². The van der Waals surface area contributed by atoms with Gasteiger partial charge >= 0.3 is 6.16 Å². The molecule has 0 aliphatic heterocycles. The number of carbonyl (C=O) groups excluding carboxylic acids is 1. The Hall–Kier alpha value is -0.310. The fraction of sp³-hybridized carbons (Fsp3) is 0.400. The van der Waals surface area contributed by atoms with Gasteiger partial charge in [0.15, 0.2) is 5.75 Å². The van der Waals surface area contributed by atoms with E-state index in [1.807, 2.05) is 12.1 Å². The molecule has 1 saturated carbocycles. The van der Waals surface area contributed by atoms with Crippen LogP contribution in [-0.2, 0) is 4.74 Å². The molecule has 0 atom stereocenters. The summed E-state index contributed by atoms with van der Waals surface area (Å²) in [6.45, 7) is 3.74. The molecule has 5 heteroatoms. The minimum absolute atomic E-state index is 0.0130. The van der Waals surface area contributed by atoms with E-state index in [9.17, 15) is 4.79 Å². The summed E-state index contributed by atoms with van der Waals surface area (Å²) in [7, 11) is 0. The van der Waals surface area contributed by atoms with Gasteiger partial charge in [-0.25, -0.2) is 4.79 Å². The van der Waals surface area contributed by atoms with Gasteiger partial charge in [-0.15, -0.1) is 0 Å². The minimum Gasteiger partial charge on any atom is -0.431 e. The van der Waals surface area contributed by atoms with Crippen molar-refractivity contribution in [2.75, 3.05) is 0 Å². The first-order valence-electron chi connectivity index (χ1n) is 6.60. The molecule has 0 N–H and O–H groups in total. The Morgan fingerprint density at radius 3 is 2.35 bits per heavy atom. The average Bonchev–Trinajstić information content (AvgIpc) is 2.43. The van der Waals surface area contributed by atoms with Crippen LogP contribution < -0.4 is 4.74 Å². The first-order chi connectivity index (χ1) is 9.60. The van der Waals surface area contributed by atoms with Crippen LogP contribution in [0.25, 0.3) is 6.08 Å². The van der Waals surface area contributed by atoms with E-state index in [0.717, 1.165) is 38.4 Å². The zero-order valence-electron chi connectivity index (χ0n) is 11.0. The molecule has 0 radical (unpaired) electrons. The maximum atomic E-state index is 11.9. The van der Waals surface area contributed by atoms with Crippen molar-refractivity contribution >= 4 is 57.4 Å². The Kier molecular flexibility index (Phi) is 6.13. The average molecular weight is 498 g/mol. The Labute approximate surface area is 146 Å². The Balaban J connectivity index is 2.02. The van der Waals surface area contributed by atoms with Crippen LogP contribution >= 0.6 is 45.2 Å². The van der Waals surface area contributed by atoms with Gasteiger partial charge in [0.1, 0.15) is 6.10 Å². The maximum absolute atomic E-state index is 11.9. The summed E-state index contributed by atoms with van der Waals surface area (Å²) < 4.78 is 12.5. The number of benzene rings is 1. The summed E-state index contributed by atoms with van der Waals surface area (Å²) in [5.74, 6) is 0.567. The predicted octanol–water partition coefficient (Wildman–Crippen LogP) is 5.39. The number of hydrogen-bond acceptors (Lipinski definition) is 3. The summed E-state index contributed by atoms with van der Waals surface area (Å²) in [5.41, 5.74) is 1.01. The number of carbonyl (C=O) groups is 1. The quantitative estimate of drug-likeness (QED) is 0.319. The van der Waals surface area contributed by atoms with Crippen LogP contribution in [0.3, 0.4) is 0 Å². The molecule has 0 heterocycles. The third-order valence-electron chi connectivity index (χ3n) is 3.26. The first kappa shape index (κ1) is 16.1. The van der Waals surface area contributed by atoms with E-state index in [0.29, 0.717) is 5.75 Å². The van der Waals surface area contributed by atoms with Gasteiger partial charge in [0.2, 0.25) is 0 Å². The van der Waals surface area contributed by atoms with E-state index >= 15 is 0 Å². The largest absolute Gasteiger partial charge is 0.514 e. The second kappa shape index (κ2) is 7.63. The molecule has 1 aliphatic carbocycles. The highest BCUT2D eigenvalue weighted by Gasteiger charge is 2.20. The molecule has 0 saturated heterocycles. The molecule has 1 aromatic carbocycles. The van der Waals surface area contributed by atoms with Crippen molar-refractivity contribution in [3.63, 3.8) is 0 Å². The van der Waals surface area contributed by atoms with Crippen molar-refractivity contribution in [3.05, 3.63) is 31.4 Å². The SMILES string of the molecule is C=Cc1cc(I)c(OC(=O)OC2CCCCC2)c(I)c1. The predicted molar refractivity (Wildman–Crippen MR) is 95.9 cm³/mol. The van der Waals surface area contributed by atoms with Gasteiger partial charge < -0.3 is 9.47 Å². The number of halogens is 2. The fourth-order valence-electron chi connectivity index (χ4n) is 2.22. The van der Waals surface area contributed by atoms with Gasteiger partial charge in [-0.1, -0.05) is 19.1 Å².